The Morgan fingerprint density at radius 2 is 2.00 bits per heavy atom. The van der Waals surface area contributed by atoms with E-state index in [1.807, 2.05) is 0 Å². The molecule has 1 saturated carbocycles. The van der Waals surface area contributed by atoms with Crippen LogP contribution in [0.5, 0.6) is 5.75 Å². The predicted octanol–water partition coefficient (Wildman–Crippen LogP) is 2.09. The number of nitrogens with one attached hydrogen (secondary N) is 2. The van der Waals surface area contributed by atoms with E-state index in [1.54, 1.807) is 13.8 Å². The lowest BCUT2D eigenvalue weighted by atomic mass is 10.3. The van der Waals surface area contributed by atoms with Crippen molar-refractivity contribution in [3.63, 3.8) is 0 Å². The minimum atomic E-state index is -3.60. The van der Waals surface area contributed by atoms with Gasteiger partial charge in [0.2, 0.25) is 10.0 Å². The first kappa shape index (κ1) is 16.6. The number of benzene rings is 1. The van der Waals surface area contributed by atoms with Crippen molar-refractivity contribution in [3.8, 4) is 5.75 Å². The Morgan fingerprint density at radius 1 is 1.27 bits per heavy atom. The minimum Gasteiger partial charge on any atom is -0.492 e. The molecule has 0 heterocycles. The Kier molecular flexibility index (Phi) is 5.25. The zero-order chi connectivity index (χ0) is 16.2. The van der Waals surface area contributed by atoms with Gasteiger partial charge in [-0.1, -0.05) is 0 Å². The van der Waals surface area contributed by atoms with E-state index in [0.717, 1.165) is 12.8 Å². The molecule has 1 aromatic rings. The average molecular weight is 328 g/mol. The smallest absolute Gasteiger partial charge is 0.411 e. The summed E-state index contributed by atoms with van der Waals surface area (Å²) in [5, 5.41) is 2.50. The number of ether oxygens (including phenoxy) is 2. The molecule has 1 aliphatic rings. The molecule has 0 spiro atoms. The first-order chi connectivity index (χ1) is 10.5. The average Bonchev–Trinajstić information content (AvgIpc) is 3.24. The van der Waals surface area contributed by atoms with Crippen LogP contribution in [0.2, 0.25) is 0 Å². The molecule has 1 aromatic carbocycles. The van der Waals surface area contributed by atoms with Crippen LogP contribution >= 0.6 is 0 Å². The van der Waals surface area contributed by atoms with Gasteiger partial charge in [-0.3, -0.25) is 5.32 Å². The maximum atomic E-state index is 12.2. The maximum absolute atomic E-state index is 12.2. The highest BCUT2D eigenvalue weighted by Gasteiger charge is 2.28. The normalized spacial score (nSPS) is 14.5. The lowest BCUT2D eigenvalue weighted by Crippen LogP contribution is -2.26. The van der Waals surface area contributed by atoms with Crippen molar-refractivity contribution < 1.29 is 22.7 Å². The van der Waals surface area contributed by atoms with Crippen LogP contribution < -0.4 is 14.8 Å². The topological polar surface area (TPSA) is 93.7 Å². The number of amides is 1. The summed E-state index contributed by atoms with van der Waals surface area (Å²) in [6, 6.07) is 4.35. The van der Waals surface area contributed by atoms with E-state index in [1.165, 1.54) is 18.2 Å². The quantitative estimate of drug-likeness (QED) is 0.799. The molecule has 2 rings (SSSR count). The maximum Gasteiger partial charge on any atom is 0.411 e. The van der Waals surface area contributed by atoms with E-state index < -0.39 is 16.1 Å². The van der Waals surface area contributed by atoms with E-state index >= 15 is 0 Å². The summed E-state index contributed by atoms with van der Waals surface area (Å²) < 4.78 is 37.2. The molecule has 1 fully saturated rings. The van der Waals surface area contributed by atoms with Crippen molar-refractivity contribution >= 4 is 21.8 Å². The molecule has 0 atom stereocenters. The molecule has 7 nitrogen and oxygen atoms in total. The molecule has 0 saturated heterocycles. The van der Waals surface area contributed by atoms with Gasteiger partial charge in [0.15, 0.2) is 0 Å². The van der Waals surface area contributed by atoms with Crippen LogP contribution in [-0.4, -0.2) is 33.8 Å². The fourth-order valence-corrected chi connectivity index (χ4v) is 3.15. The monoisotopic (exact) mass is 328 g/mol. The summed E-state index contributed by atoms with van der Waals surface area (Å²) in [4.78, 5) is 11.6. The summed E-state index contributed by atoms with van der Waals surface area (Å²) in [7, 11) is -3.60. The van der Waals surface area contributed by atoms with Crippen LogP contribution in [0, 0.1) is 0 Å². The van der Waals surface area contributed by atoms with Crippen LogP contribution in [0.15, 0.2) is 23.1 Å². The molecule has 22 heavy (non-hydrogen) atoms. The Hall–Kier alpha value is -1.80. The number of anilines is 1. The summed E-state index contributed by atoms with van der Waals surface area (Å²) in [6.45, 7) is 4.10. The molecule has 122 valence electrons. The highest BCUT2D eigenvalue weighted by molar-refractivity contribution is 7.89. The molecule has 8 heteroatoms. The van der Waals surface area contributed by atoms with Gasteiger partial charge in [0.05, 0.1) is 23.8 Å². The number of hydrogen-bond acceptors (Lipinski definition) is 5. The largest absolute Gasteiger partial charge is 0.492 e. The first-order valence-corrected chi connectivity index (χ1v) is 8.67. The molecule has 0 radical (unpaired) electrons. The Balaban J connectivity index is 2.26. The molecule has 2 N–H and O–H groups in total. The van der Waals surface area contributed by atoms with Gasteiger partial charge in [0.1, 0.15) is 5.75 Å². The highest BCUT2D eigenvalue weighted by Crippen LogP contribution is 2.29. The van der Waals surface area contributed by atoms with E-state index in [0.29, 0.717) is 12.4 Å². The standard InChI is InChI=1S/C14H20N2O5S/c1-3-20-13-8-7-11(22(18,19)16-10-5-6-10)9-12(13)15-14(17)21-4-2/h7-10,16H,3-6H2,1-2H3,(H,15,17). The van der Waals surface area contributed by atoms with Crippen LogP contribution in [0.3, 0.4) is 0 Å². The first-order valence-electron chi connectivity index (χ1n) is 7.19. The SMILES string of the molecule is CCOC(=O)Nc1cc(S(=O)(=O)NC2CC2)ccc1OCC. The zero-order valence-corrected chi connectivity index (χ0v) is 13.4. The molecule has 1 amide bonds. The van der Waals surface area contributed by atoms with Crippen molar-refractivity contribution in [1.29, 1.82) is 0 Å². The molecule has 0 bridgehead atoms. The molecule has 0 unspecified atom stereocenters. The van der Waals surface area contributed by atoms with Gasteiger partial charge in [-0.15, -0.1) is 0 Å². The second kappa shape index (κ2) is 6.97. The molecular weight excluding hydrogens is 308 g/mol. The van der Waals surface area contributed by atoms with Crippen molar-refractivity contribution in [2.75, 3.05) is 18.5 Å². The van der Waals surface area contributed by atoms with E-state index in [4.69, 9.17) is 9.47 Å². The third-order valence-electron chi connectivity index (χ3n) is 2.97. The van der Waals surface area contributed by atoms with Crippen LogP contribution in [-0.2, 0) is 14.8 Å². The van der Waals surface area contributed by atoms with Crippen LogP contribution in [0.25, 0.3) is 0 Å². The van der Waals surface area contributed by atoms with E-state index in [2.05, 4.69) is 10.0 Å². The Morgan fingerprint density at radius 3 is 2.59 bits per heavy atom. The predicted molar refractivity (Wildman–Crippen MR) is 81.6 cm³/mol. The van der Waals surface area contributed by atoms with E-state index in [-0.39, 0.29) is 23.2 Å². The second-order valence-corrected chi connectivity index (χ2v) is 6.55. The lowest BCUT2D eigenvalue weighted by molar-refractivity contribution is 0.167. The number of sulfonamides is 1. The Labute approximate surface area is 130 Å². The van der Waals surface area contributed by atoms with Crippen molar-refractivity contribution in [3.05, 3.63) is 18.2 Å². The van der Waals surface area contributed by atoms with Crippen molar-refractivity contribution in [2.24, 2.45) is 0 Å². The zero-order valence-electron chi connectivity index (χ0n) is 12.6. The molecule has 0 aromatic heterocycles. The summed E-state index contributed by atoms with van der Waals surface area (Å²) in [5.41, 5.74) is 0.263. The van der Waals surface area contributed by atoms with Gasteiger partial charge in [-0.2, -0.15) is 0 Å². The number of carbonyl (C=O) groups excluding carboxylic acids is 1. The minimum absolute atomic E-state index is 0.0121. The second-order valence-electron chi connectivity index (χ2n) is 4.83. The van der Waals surface area contributed by atoms with Gasteiger partial charge >= 0.3 is 6.09 Å². The number of rotatable bonds is 7. The third-order valence-corrected chi connectivity index (χ3v) is 4.49. The van der Waals surface area contributed by atoms with Gasteiger partial charge < -0.3 is 9.47 Å². The molecule has 1 aliphatic carbocycles. The van der Waals surface area contributed by atoms with Gasteiger partial charge in [-0.05, 0) is 44.9 Å². The summed E-state index contributed by atoms with van der Waals surface area (Å²) in [6.07, 6.45) is 1.04. The fourth-order valence-electron chi connectivity index (χ4n) is 1.82. The third kappa shape index (κ3) is 4.35. The van der Waals surface area contributed by atoms with Gasteiger partial charge in [-0.25, -0.2) is 17.9 Å². The lowest BCUT2D eigenvalue weighted by Gasteiger charge is -2.13. The summed E-state index contributed by atoms with van der Waals surface area (Å²) in [5.74, 6) is 0.390. The van der Waals surface area contributed by atoms with Crippen molar-refractivity contribution in [1.82, 2.24) is 4.72 Å². The fraction of sp³-hybridized carbons (Fsp3) is 0.500. The molecule has 0 aliphatic heterocycles. The van der Waals surface area contributed by atoms with Gasteiger partial charge in [0, 0.05) is 6.04 Å². The molecular formula is C14H20N2O5S. The number of hydrogen-bond donors (Lipinski definition) is 2. The van der Waals surface area contributed by atoms with Crippen LogP contribution in [0.1, 0.15) is 26.7 Å². The number of carbonyl (C=O) groups is 1. The summed E-state index contributed by atoms with van der Waals surface area (Å²) >= 11 is 0. The van der Waals surface area contributed by atoms with Crippen LogP contribution in [0.4, 0.5) is 10.5 Å². The van der Waals surface area contributed by atoms with Crippen molar-refractivity contribution in [2.45, 2.75) is 37.6 Å². The highest BCUT2D eigenvalue weighted by atomic mass is 32.2. The van der Waals surface area contributed by atoms with Gasteiger partial charge in [0.25, 0.3) is 0 Å². The Bertz CT molecular complexity index is 641. The van der Waals surface area contributed by atoms with E-state index in [9.17, 15) is 13.2 Å².